The highest BCUT2D eigenvalue weighted by Gasteiger charge is 2.22. The molecule has 19 heavy (non-hydrogen) atoms. The summed E-state index contributed by atoms with van der Waals surface area (Å²) >= 11 is 7.63. The van der Waals surface area contributed by atoms with Crippen LogP contribution in [0.4, 0.5) is 14.5 Å². The van der Waals surface area contributed by atoms with E-state index in [0.717, 1.165) is 35.2 Å². The van der Waals surface area contributed by atoms with E-state index < -0.39 is 11.6 Å². The van der Waals surface area contributed by atoms with Crippen molar-refractivity contribution in [3.8, 4) is 0 Å². The first-order chi connectivity index (χ1) is 9.11. The number of thiophene rings is 1. The largest absolute Gasteiger partial charge is 0.378 e. The van der Waals surface area contributed by atoms with Crippen LogP contribution in [0.3, 0.4) is 0 Å². The van der Waals surface area contributed by atoms with Crippen LogP contribution in [-0.4, -0.2) is 0 Å². The fourth-order valence-corrected chi connectivity index (χ4v) is 3.89. The van der Waals surface area contributed by atoms with Gasteiger partial charge in [0.25, 0.3) is 0 Å². The Kier molecular flexibility index (Phi) is 3.46. The van der Waals surface area contributed by atoms with E-state index in [9.17, 15) is 8.78 Å². The minimum absolute atomic E-state index is 0.0775. The smallest absolute Gasteiger partial charge is 0.128 e. The molecule has 100 valence electrons. The summed E-state index contributed by atoms with van der Waals surface area (Å²) in [5.41, 5.74) is 1.63. The van der Waals surface area contributed by atoms with Gasteiger partial charge in [-0.15, -0.1) is 11.3 Å². The van der Waals surface area contributed by atoms with Crippen LogP contribution >= 0.6 is 22.9 Å². The summed E-state index contributed by atoms with van der Waals surface area (Å²) in [6.07, 6.45) is 3.03. The summed E-state index contributed by atoms with van der Waals surface area (Å²) in [5, 5.41) is 3.20. The lowest BCUT2D eigenvalue weighted by atomic mass is 9.94. The lowest BCUT2D eigenvalue weighted by Crippen LogP contribution is -2.15. The first kappa shape index (κ1) is 12.9. The molecule has 1 unspecified atom stereocenters. The van der Waals surface area contributed by atoms with Crippen molar-refractivity contribution in [1.29, 1.82) is 0 Å². The fraction of sp³-hybridized carbons (Fsp3) is 0.286. The zero-order chi connectivity index (χ0) is 13.4. The molecule has 3 rings (SSSR count). The number of hydrogen-bond donors (Lipinski definition) is 1. The summed E-state index contributed by atoms with van der Waals surface area (Å²) < 4.78 is 27.1. The molecule has 0 saturated heterocycles. The number of halogens is 3. The van der Waals surface area contributed by atoms with Crippen LogP contribution in [-0.2, 0) is 6.42 Å². The molecule has 0 bridgehead atoms. The Morgan fingerprint density at radius 3 is 2.63 bits per heavy atom. The predicted octanol–water partition coefficient (Wildman–Crippen LogP) is 5.17. The maximum atomic E-state index is 13.2. The number of benzene rings is 1. The van der Waals surface area contributed by atoms with Gasteiger partial charge in [0, 0.05) is 16.6 Å². The van der Waals surface area contributed by atoms with Crippen LogP contribution in [0.1, 0.15) is 29.3 Å². The molecule has 0 radical (unpaired) electrons. The molecule has 0 spiro atoms. The van der Waals surface area contributed by atoms with Crippen molar-refractivity contribution in [2.75, 3.05) is 5.32 Å². The summed E-state index contributed by atoms with van der Waals surface area (Å²) in [5.74, 6) is -1.14. The van der Waals surface area contributed by atoms with Gasteiger partial charge in [-0.1, -0.05) is 11.6 Å². The van der Waals surface area contributed by atoms with E-state index in [1.54, 1.807) is 11.3 Å². The molecule has 1 heterocycles. The summed E-state index contributed by atoms with van der Waals surface area (Å²) in [7, 11) is 0. The van der Waals surface area contributed by atoms with Gasteiger partial charge >= 0.3 is 0 Å². The van der Waals surface area contributed by atoms with E-state index >= 15 is 0 Å². The standard InChI is InChI=1S/C14H12ClF2NS/c15-14-7-11-12(2-1-3-13(11)19-14)18-10-5-8(16)4-9(17)6-10/h4-7,12,18H,1-3H2. The second kappa shape index (κ2) is 5.10. The van der Waals surface area contributed by atoms with E-state index in [2.05, 4.69) is 5.32 Å². The Hall–Kier alpha value is -1.13. The van der Waals surface area contributed by atoms with Crippen LogP contribution in [0.2, 0.25) is 4.34 Å². The monoisotopic (exact) mass is 299 g/mol. The lowest BCUT2D eigenvalue weighted by Gasteiger charge is -2.24. The maximum absolute atomic E-state index is 13.2. The van der Waals surface area contributed by atoms with Crippen LogP contribution in [0.15, 0.2) is 24.3 Å². The van der Waals surface area contributed by atoms with E-state index in [4.69, 9.17) is 11.6 Å². The highest BCUT2D eigenvalue weighted by Crippen LogP contribution is 2.39. The summed E-state index contributed by atoms with van der Waals surface area (Å²) in [4.78, 5) is 1.27. The topological polar surface area (TPSA) is 12.0 Å². The van der Waals surface area contributed by atoms with E-state index in [-0.39, 0.29) is 6.04 Å². The van der Waals surface area contributed by atoms with Crippen LogP contribution in [0, 0.1) is 11.6 Å². The van der Waals surface area contributed by atoms with Crippen LogP contribution in [0.5, 0.6) is 0 Å². The average molecular weight is 300 g/mol. The summed E-state index contributed by atoms with van der Waals surface area (Å²) in [6, 6.07) is 5.53. The molecular weight excluding hydrogens is 288 g/mol. The summed E-state index contributed by atoms with van der Waals surface area (Å²) in [6.45, 7) is 0. The number of fused-ring (bicyclic) bond motifs is 1. The molecule has 0 aliphatic heterocycles. The third kappa shape index (κ3) is 2.74. The molecule has 1 nitrogen and oxygen atoms in total. The van der Waals surface area contributed by atoms with Crippen molar-refractivity contribution in [2.45, 2.75) is 25.3 Å². The van der Waals surface area contributed by atoms with Crippen molar-refractivity contribution in [3.05, 3.63) is 50.7 Å². The van der Waals surface area contributed by atoms with Crippen LogP contribution < -0.4 is 5.32 Å². The third-order valence-electron chi connectivity index (χ3n) is 3.29. The van der Waals surface area contributed by atoms with Crippen LogP contribution in [0.25, 0.3) is 0 Å². The molecule has 5 heteroatoms. The molecule has 0 fully saturated rings. The molecule has 1 aromatic heterocycles. The Labute approximate surface area is 119 Å². The average Bonchev–Trinajstić information content (AvgIpc) is 2.69. The van der Waals surface area contributed by atoms with E-state index in [1.807, 2.05) is 6.07 Å². The van der Waals surface area contributed by atoms with Crippen molar-refractivity contribution in [3.63, 3.8) is 0 Å². The van der Waals surface area contributed by atoms with Gasteiger partial charge in [0.05, 0.1) is 10.4 Å². The number of aryl methyl sites for hydroxylation is 1. The second-order valence-corrected chi connectivity index (χ2v) is 6.44. The van der Waals surface area contributed by atoms with Crippen molar-refractivity contribution in [2.24, 2.45) is 0 Å². The number of rotatable bonds is 2. The van der Waals surface area contributed by atoms with E-state index in [0.29, 0.717) is 5.69 Å². The minimum atomic E-state index is -0.568. The maximum Gasteiger partial charge on any atom is 0.128 e. The Balaban J connectivity index is 1.88. The number of hydrogen-bond acceptors (Lipinski definition) is 2. The van der Waals surface area contributed by atoms with Gasteiger partial charge in [0.15, 0.2) is 0 Å². The number of anilines is 1. The molecule has 0 amide bonds. The molecule has 1 aliphatic rings. The first-order valence-corrected chi connectivity index (χ1v) is 7.32. The van der Waals surface area contributed by atoms with Crippen molar-refractivity contribution >= 4 is 28.6 Å². The molecule has 1 N–H and O–H groups in total. The highest BCUT2D eigenvalue weighted by molar-refractivity contribution is 7.16. The zero-order valence-electron chi connectivity index (χ0n) is 10.1. The minimum Gasteiger partial charge on any atom is -0.378 e. The van der Waals surface area contributed by atoms with Gasteiger partial charge in [-0.25, -0.2) is 8.78 Å². The van der Waals surface area contributed by atoms with Gasteiger partial charge < -0.3 is 5.32 Å². The quantitative estimate of drug-likeness (QED) is 0.806. The Morgan fingerprint density at radius 1 is 1.16 bits per heavy atom. The highest BCUT2D eigenvalue weighted by atomic mass is 35.5. The normalized spacial score (nSPS) is 18.2. The SMILES string of the molecule is Fc1cc(F)cc(NC2CCCc3sc(Cl)cc32)c1. The molecule has 1 atom stereocenters. The van der Waals surface area contributed by atoms with Crippen molar-refractivity contribution < 1.29 is 8.78 Å². The lowest BCUT2D eigenvalue weighted by molar-refractivity contribution is 0.579. The third-order valence-corrected chi connectivity index (χ3v) is 4.63. The van der Waals surface area contributed by atoms with Gasteiger partial charge in [-0.05, 0) is 43.0 Å². The molecular formula is C14H12ClF2NS. The fourth-order valence-electron chi connectivity index (χ4n) is 2.51. The second-order valence-electron chi connectivity index (χ2n) is 4.68. The molecule has 2 aromatic rings. The number of nitrogens with one attached hydrogen (secondary N) is 1. The molecule has 0 saturated carbocycles. The van der Waals surface area contributed by atoms with E-state index in [1.165, 1.54) is 17.0 Å². The zero-order valence-corrected chi connectivity index (χ0v) is 11.6. The van der Waals surface area contributed by atoms with Gasteiger partial charge in [-0.3, -0.25) is 0 Å². The Morgan fingerprint density at radius 2 is 1.89 bits per heavy atom. The first-order valence-electron chi connectivity index (χ1n) is 6.12. The van der Waals surface area contributed by atoms with Gasteiger partial charge in [0.1, 0.15) is 11.6 Å². The Bertz CT molecular complexity index is 591. The molecule has 1 aliphatic carbocycles. The van der Waals surface area contributed by atoms with Gasteiger partial charge in [-0.2, -0.15) is 0 Å². The van der Waals surface area contributed by atoms with Crippen molar-refractivity contribution in [1.82, 2.24) is 0 Å². The van der Waals surface area contributed by atoms with Gasteiger partial charge in [0.2, 0.25) is 0 Å². The predicted molar refractivity (Wildman–Crippen MR) is 75.0 cm³/mol. The molecule has 1 aromatic carbocycles.